The molecule has 1 aliphatic carbocycles. The molecule has 0 spiro atoms. The molecule has 2 atom stereocenters. The number of carboxylic acids is 1. The molecule has 6 nitrogen and oxygen atoms in total. The van der Waals surface area contributed by atoms with Crippen molar-refractivity contribution in [2.75, 3.05) is 18.6 Å². The van der Waals surface area contributed by atoms with Crippen LogP contribution in [0.15, 0.2) is 0 Å². The van der Waals surface area contributed by atoms with Crippen molar-refractivity contribution in [2.24, 2.45) is 11.8 Å². The topological polar surface area (TPSA) is 101 Å². The molecule has 0 heterocycles. The Morgan fingerprint density at radius 3 is 2.44 bits per heavy atom. The minimum Gasteiger partial charge on any atom is -0.481 e. The number of carboxylic acid groups (broad SMARTS) is 1. The van der Waals surface area contributed by atoms with Crippen LogP contribution in [-0.4, -0.2) is 44.0 Å². The van der Waals surface area contributed by atoms with Crippen LogP contribution in [0.1, 0.15) is 25.7 Å². The summed E-state index contributed by atoms with van der Waals surface area (Å²) >= 11 is 0. The fraction of sp³-hybridized carbons (Fsp3) is 0.818. The number of nitrogens with one attached hydrogen (secondary N) is 1. The van der Waals surface area contributed by atoms with E-state index in [-0.39, 0.29) is 18.2 Å². The van der Waals surface area contributed by atoms with E-state index in [2.05, 4.69) is 5.32 Å². The van der Waals surface area contributed by atoms with Gasteiger partial charge in [0.2, 0.25) is 5.91 Å². The number of amides is 1. The molecule has 0 unspecified atom stereocenters. The second-order valence-corrected chi connectivity index (χ2v) is 7.02. The molecule has 1 rings (SSSR count). The van der Waals surface area contributed by atoms with E-state index < -0.39 is 27.6 Å². The molecule has 0 aromatic rings. The van der Waals surface area contributed by atoms with Crippen molar-refractivity contribution < 1.29 is 23.1 Å². The van der Waals surface area contributed by atoms with Crippen LogP contribution >= 0.6 is 0 Å². The van der Waals surface area contributed by atoms with E-state index in [4.69, 9.17) is 5.11 Å². The predicted molar refractivity (Wildman–Crippen MR) is 65.8 cm³/mol. The van der Waals surface area contributed by atoms with Crippen molar-refractivity contribution in [1.29, 1.82) is 0 Å². The maximum absolute atomic E-state index is 11.8. The number of aliphatic carboxylic acids is 1. The highest BCUT2D eigenvalue weighted by Crippen LogP contribution is 2.31. The third-order valence-corrected chi connectivity index (χ3v) is 4.19. The summed E-state index contributed by atoms with van der Waals surface area (Å²) in [6, 6.07) is 0. The molecule has 0 bridgehead atoms. The van der Waals surface area contributed by atoms with E-state index in [0.717, 1.165) is 12.7 Å². The van der Waals surface area contributed by atoms with Gasteiger partial charge in [-0.05, 0) is 19.3 Å². The Balaban J connectivity index is 2.35. The van der Waals surface area contributed by atoms with Gasteiger partial charge in [0.15, 0.2) is 0 Å². The van der Waals surface area contributed by atoms with Crippen LogP contribution in [0.25, 0.3) is 0 Å². The SMILES string of the molecule is CS(=O)(=O)CCCNC(=O)[C@@H]1CCC[C@@H]1C(=O)O. The number of carbonyl (C=O) groups excluding carboxylic acids is 1. The minimum absolute atomic E-state index is 0.0281. The monoisotopic (exact) mass is 277 g/mol. The lowest BCUT2D eigenvalue weighted by Crippen LogP contribution is -2.36. The second kappa shape index (κ2) is 6.17. The Morgan fingerprint density at radius 1 is 1.28 bits per heavy atom. The number of hydrogen-bond acceptors (Lipinski definition) is 4. The van der Waals surface area contributed by atoms with Crippen LogP contribution < -0.4 is 5.32 Å². The van der Waals surface area contributed by atoms with Crippen molar-refractivity contribution in [3.63, 3.8) is 0 Å². The molecule has 1 amide bonds. The first-order valence-corrected chi connectivity index (χ1v) is 8.05. The zero-order chi connectivity index (χ0) is 13.8. The Bertz CT molecular complexity index is 417. The van der Waals surface area contributed by atoms with E-state index >= 15 is 0 Å². The quantitative estimate of drug-likeness (QED) is 0.667. The van der Waals surface area contributed by atoms with Crippen molar-refractivity contribution in [1.82, 2.24) is 5.32 Å². The van der Waals surface area contributed by atoms with Gasteiger partial charge in [-0.15, -0.1) is 0 Å². The predicted octanol–water partition coefficient (Wildman–Crippen LogP) is 0.0382. The smallest absolute Gasteiger partial charge is 0.307 e. The fourth-order valence-electron chi connectivity index (χ4n) is 2.25. The summed E-state index contributed by atoms with van der Waals surface area (Å²) in [7, 11) is -3.01. The zero-order valence-electron chi connectivity index (χ0n) is 10.4. The molecule has 1 saturated carbocycles. The molecule has 18 heavy (non-hydrogen) atoms. The van der Waals surface area contributed by atoms with E-state index in [1.54, 1.807) is 0 Å². The summed E-state index contributed by atoms with van der Waals surface area (Å²) in [6.07, 6.45) is 3.38. The summed E-state index contributed by atoms with van der Waals surface area (Å²) < 4.78 is 21.8. The van der Waals surface area contributed by atoms with E-state index in [9.17, 15) is 18.0 Å². The Morgan fingerprint density at radius 2 is 1.89 bits per heavy atom. The van der Waals surface area contributed by atoms with Crippen molar-refractivity contribution >= 4 is 21.7 Å². The first kappa shape index (κ1) is 14.9. The van der Waals surface area contributed by atoms with Gasteiger partial charge in [-0.3, -0.25) is 9.59 Å². The van der Waals surface area contributed by atoms with Crippen molar-refractivity contribution in [3.8, 4) is 0 Å². The molecule has 0 aliphatic heterocycles. The van der Waals surface area contributed by atoms with E-state index in [1.807, 2.05) is 0 Å². The molecular formula is C11H19NO5S. The molecule has 0 radical (unpaired) electrons. The van der Waals surface area contributed by atoms with Crippen LogP contribution in [0.2, 0.25) is 0 Å². The maximum Gasteiger partial charge on any atom is 0.307 e. The first-order valence-electron chi connectivity index (χ1n) is 5.99. The highest BCUT2D eigenvalue weighted by Gasteiger charge is 2.37. The van der Waals surface area contributed by atoms with Crippen LogP contribution in [0.3, 0.4) is 0 Å². The standard InChI is InChI=1S/C11H19NO5S/c1-18(16,17)7-3-6-12-10(13)8-4-2-5-9(8)11(14)15/h8-9H,2-7H2,1H3,(H,12,13)(H,14,15)/t8-,9+/m1/s1. The molecule has 2 N–H and O–H groups in total. The third kappa shape index (κ3) is 4.64. The summed E-state index contributed by atoms with van der Waals surface area (Å²) in [5.41, 5.74) is 0. The summed E-state index contributed by atoms with van der Waals surface area (Å²) in [4.78, 5) is 22.7. The molecular weight excluding hydrogens is 258 g/mol. The average Bonchev–Trinajstić information content (AvgIpc) is 2.71. The normalized spacial score (nSPS) is 23.8. The third-order valence-electron chi connectivity index (χ3n) is 3.16. The second-order valence-electron chi connectivity index (χ2n) is 4.76. The van der Waals surface area contributed by atoms with Crippen LogP contribution in [-0.2, 0) is 19.4 Å². The van der Waals surface area contributed by atoms with Crippen LogP contribution in [0, 0.1) is 11.8 Å². The lowest BCUT2D eigenvalue weighted by atomic mass is 9.95. The number of sulfone groups is 1. The fourth-order valence-corrected chi connectivity index (χ4v) is 2.92. The van der Waals surface area contributed by atoms with Crippen molar-refractivity contribution in [2.45, 2.75) is 25.7 Å². The van der Waals surface area contributed by atoms with Gasteiger partial charge in [0, 0.05) is 12.8 Å². The van der Waals surface area contributed by atoms with Gasteiger partial charge < -0.3 is 10.4 Å². The zero-order valence-corrected chi connectivity index (χ0v) is 11.2. The van der Waals surface area contributed by atoms with E-state index in [1.165, 1.54) is 0 Å². The number of hydrogen-bond donors (Lipinski definition) is 2. The number of rotatable bonds is 6. The molecule has 104 valence electrons. The van der Waals surface area contributed by atoms with Gasteiger partial charge in [0.25, 0.3) is 0 Å². The Hall–Kier alpha value is -1.11. The molecule has 0 aromatic heterocycles. The van der Waals surface area contributed by atoms with Crippen LogP contribution in [0.4, 0.5) is 0 Å². The maximum atomic E-state index is 11.8. The Labute approximate surface area is 107 Å². The van der Waals surface area contributed by atoms with Gasteiger partial charge in [-0.2, -0.15) is 0 Å². The van der Waals surface area contributed by atoms with Gasteiger partial charge in [-0.25, -0.2) is 8.42 Å². The van der Waals surface area contributed by atoms with E-state index in [0.29, 0.717) is 19.3 Å². The molecule has 0 saturated heterocycles. The molecule has 1 fully saturated rings. The minimum atomic E-state index is -3.01. The van der Waals surface area contributed by atoms with Gasteiger partial charge in [0.05, 0.1) is 17.6 Å². The molecule has 7 heteroatoms. The largest absolute Gasteiger partial charge is 0.481 e. The highest BCUT2D eigenvalue weighted by molar-refractivity contribution is 7.90. The average molecular weight is 277 g/mol. The number of carbonyl (C=O) groups is 2. The summed E-state index contributed by atoms with van der Waals surface area (Å²) in [5, 5.41) is 11.6. The van der Waals surface area contributed by atoms with Crippen molar-refractivity contribution in [3.05, 3.63) is 0 Å². The Kier molecular flexibility index (Phi) is 5.13. The molecule has 0 aromatic carbocycles. The summed E-state index contributed by atoms with van der Waals surface area (Å²) in [6.45, 7) is 0.273. The highest BCUT2D eigenvalue weighted by atomic mass is 32.2. The first-order chi connectivity index (χ1) is 8.31. The van der Waals surface area contributed by atoms with Gasteiger partial charge in [0.1, 0.15) is 9.84 Å². The lowest BCUT2D eigenvalue weighted by Gasteiger charge is -2.15. The lowest BCUT2D eigenvalue weighted by molar-refractivity contribution is -0.146. The van der Waals surface area contributed by atoms with Gasteiger partial charge in [-0.1, -0.05) is 6.42 Å². The van der Waals surface area contributed by atoms with Gasteiger partial charge >= 0.3 is 5.97 Å². The summed E-state index contributed by atoms with van der Waals surface area (Å²) in [5.74, 6) is -2.24. The van der Waals surface area contributed by atoms with Crippen LogP contribution in [0.5, 0.6) is 0 Å². The molecule has 1 aliphatic rings.